The summed E-state index contributed by atoms with van der Waals surface area (Å²) in [6, 6.07) is 15.7. The summed E-state index contributed by atoms with van der Waals surface area (Å²) in [5, 5.41) is 9.60. The summed E-state index contributed by atoms with van der Waals surface area (Å²) < 4.78 is 23.3. The average molecular weight is 470 g/mol. The first kappa shape index (κ1) is 21.5. The summed E-state index contributed by atoms with van der Waals surface area (Å²) in [6.07, 6.45) is 5.62. The van der Waals surface area contributed by atoms with Gasteiger partial charge in [0, 0.05) is 35.3 Å². The highest BCUT2D eigenvalue weighted by atomic mass is 19.1. The Bertz CT molecular complexity index is 1620. The van der Waals surface area contributed by atoms with Gasteiger partial charge in [0.15, 0.2) is 11.4 Å². The van der Waals surface area contributed by atoms with Crippen molar-refractivity contribution < 1.29 is 9.13 Å². The van der Waals surface area contributed by atoms with Crippen molar-refractivity contribution in [3.63, 3.8) is 0 Å². The number of rotatable bonds is 4. The van der Waals surface area contributed by atoms with Gasteiger partial charge in [0.25, 0.3) is 5.56 Å². The maximum Gasteiger partial charge on any atom is 0.258 e. The van der Waals surface area contributed by atoms with Crippen molar-refractivity contribution in [1.82, 2.24) is 24.5 Å². The van der Waals surface area contributed by atoms with Crippen molar-refractivity contribution in [2.45, 2.75) is 25.8 Å². The molecule has 1 fully saturated rings. The number of hydrogen-bond donors (Lipinski definition) is 1. The van der Waals surface area contributed by atoms with Crippen LogP contribution in [0.5, 0.6) is 11.5 Å². The van der Waals surface area contributed by atoms with Crippen LogP contribution in [0.2, 0.25) is 0 Å². The van der Waals surface area contributed by atoms with Crippen molar-refractivity contribution >= 4 is 16.4 Å². The molecule has 0 saturated carbocycles. The SMILES string of the molecule is Cc1cn2nc(-c3ccc4c(=O)n(C5CCNCC5)ccc4c3)cc(Oc3cccc(F)c3)c2n1. The van der Waals surface area contributed by atoms with E-state index in [4.69, 9.17) is 9.84 Å². The zero-order valence-corrected chi connectivity index (χ0v) is 19.2. The number of pyridine rings is 1. The normalized spacial score (nSPS) is 14.6. The van der Waals surface area contributed by atoms with E-state index < -0.39 is 0 Å². The van der Waals surface area contributed by atoms with Crippen LogP contribution in [0.25, 0.3) is 27.7 Å². The Balaban J connectivity index is 1.42. The molecule has 4 heterocycles. The quantitative estimate of drug-likeness (QED) is 0.406. The number of nitrogens with one attached hydrogen (secondary N) is 1. The Labute approximate surface area is 200 Å². The van der Waals surface area contributed by atoms with Crippen LogP contribution in [0, 0.1) is 12.7 Å². The molecule has 176 valence electrons. The van der Waals surface area contributed by atoms with E-state index in [2.05, 4.69) is 10.3 Å². The first-order valence-corrected chi connectivity index (χ1v) is 11.7. The molecule has 0 bridgehead atoms. The van der Waals surface area contributed by atoms with E-state index in [-0.39, 0.29) is 17.4 Å². The lowest BCUT2D eigenvalue weighted by Crippen LogP contribution is -2.34. The van der Waals surface area contributed by atoms with Gasteiger partial charge < -0.3 is 14.6 Å². The summed E-state index contributed by atoms with van der Waals surface area (Å²) in [5.74, 6) is 0.466. The number of piperidine rings is 1. The molecule has 0 radical (unpaired) electrons. The van der Waals surface area contributed by atoms with Crippen LogP contribution < -0.4 is 15.6 Å². The van der Waals surface area contributed by atoms with Gasteiger partial charge in [-0.2, -0.15) is 5.10 Å². The van der Waals surface area contributed by atoms with Gasteiger partial charge in [-0.05, 0) is 68.6 Å². The molecule has 0 atom stereocenters. The Kier molecular flexibility index (Phi) is 5.30. The summed E-state index contributed by atoms with van der Waals surface area (Å²) in [5.41, 5.74) is 2.86. The fourth-order valence-corrected chi connectivity index (χ4v) is 4.73. The molecule has 8 heteroatoms. The molecule has 1 N–H and O–H groups in total. The third-order valence-electron chi connectivity index (χ3n) is 6.46. The zero-order valence-electron chi connectivity index (χ0n) is 19.2. The van der Waals surface area contributed by atoms with Gasteiger partial charge in [0.05, 0.1) is 17.6 Å². The Morgan fingerprint density at radius 2 is 1.94 bits per heavy atom. The molecule has 2 aromatic carbocycles. The topological polar surface area (TPSA) is 73.5 Å². The van der Waals surface area contributed by atoms with E-state index >= 15 is 0 Å². The van der Waals surface area contributed by atoms with Crippen LogP contribution in [0.1, 0.15) is 24.6 Å². The highest BCUT2D eigenvalue weighted by Crippen LogP contribution is 2.31. The van der Waals surface area contributed by atoms with Gasteiger partial charge in [-0.1, -0.05) is 12.1 Å². The number of benzene rings is 2. The third-order valence-corrected chi connectivity index (χ3v) is 6.46. The van der Waals surface area contributed by atoms with Crippen LogP contribution in [0.3, 0.4) is 0 Å². The number of aromatic nitrogens is 4. The Morgan fingerprint density at radius 1 is 1.09 bits per heavy atom. The minimum absolute atomic E-state index is 0.0322. The number of ether oxygens (including phenoxy) is 1. The van der Waals surface area contributed by atoms with E-state index in [1.807, 2.05) is 48.1 Å². The second-order valence-electron chi connectivity index (χ2n) is 8.92. The van der Waals surface area contributed by atoms with Crippen LogP contribution >= 0.6 is 0 Å². The predicted molar refractivity (Wildman–Crippen MR) is 133 cm³/mol. The smallest absolute Gasteiger partial charge is 0.258 e. The summed E-state index contributed by atoms with van der Waals surface area (Å²) >= 11 is 0. The third kappa shape index (κ3) is 4.06. The van der Waals surface area contributed by atoms with E-state index in [0.29, 0.717) is 28.2 Å². The van der Waals surface area contributed by atoms with Gasteiger partial charge in [0.2, 0.25) is 0 Å². The molecule has 0 aliphatic carbocycles. The molecule has 0 spiro atoms. The highest BCUT2D eigenvalue weighted by Gasteiger charge is 2.18. The first-order valence-electron chi connectivity index (χ1n) is 11.7. The lowest BCUT2D eigenvalue weighted by Gasteiger charge is -2.25. The number of hydrogen-bond acceptors (Lipinski definition) is 5. The Hall–Kier alpha value is -4.04. The number of fused-ring (bicyclic) bond motifs is 2. The molecule has 1 aliphatic rings. The van der Waals surface area contributed by atoms with Crippen molar-refractivity contribution in [3.05, 3.63) is 88.9 Å². The standard InChI is InChI=1S/C27H24FN5O2/c1-17-16-33-26(30-17)25(35-22-4-2-3-20(28)14-22)15-24(31-33)19-5-6-23-18(13-19)9-12-32(27(23)34)21-7-10-29-11-8-21/h2-6,9,12-16,21,29H,7-8,10-11H2,1H3. The monoisotopic (exact) mass is 469 g/mol. The molecule has 0 amide bonds. The van der Waals surface area contributed by atoms with Crippen LogP contribution in [-0.4, -0.2) is 32.3 Å². The minimum atomic E-state index is -0.378. The summed E-state index contributed by atoms with van der Waals surface area (Å²) in [6.45, 7) is 3.73. The molecule has 6 rings (SSSR count). The lowest BCUT2D eigenvalue weighted by atomic mass is 10.0. The van der Waals surface area contributed by atoms with Crippen LogP contribution in [-0.2, 0) is 0 Å². The largest absolute Gasteiger partial charge is 0.453 e. The average Bonchev–Trinajstić information content (AvgIpc) is 3.25. The van der Waals surface area contributed by atoms with Crippen molar-refractivity contribution in [2.75, 3.05) is 13.1 Å². The minimum Gasteiger partial charge on any atom is -0.453 e. The van der Waals surface area contributed by atoms with Crippen molar-refractivity contribution in [3.8, 4) is 22.8 Å². The molecule has 5 aromatic rings. The van der Waals surface area contributed by atoms with E-state index in [1.54, 1.807) is 22.7 Å². The van der Waals surface area contributed by atoms with E-state index in [0.717, 1.165) is 42.6 Å². The lowest BCUT2D eigenvalue weighted by molar-refractivity contribution is 0.362. The molecular formula is C27H24FN5O2. The van der Waals surface area contributed by atoms with Gasteiger partial charge in [-0.15, -0.1) is 0 Å². The second kappa shape index (κ2) is 8.63. The molecule has 1 saturated heterocycles. The zero-order chi connectivity index (χ0) is 23.9. The van der Waals surface area contributed by atoms with Crippen LogP contribution in [0.15, 0.2) is 71.8 Å². The number of nitrogens with zero attached hydrogens (tertiary/aromatic N) is 4. The van der Waals surface area contributed by atoms with Crippen LogP contribution in [0.4, 0.5) is 4.39 Å². The first-order chi connectivity index (χ1) is 17.0. The van der Waals surface area contributed by atoms with Crippen molar-refractivity contribution in [1.29, 1.82) is 0 Å². The predicted octanol–water partition coefficient (Wildman–Crippen LogP) is 4.88. The fraction of sp³-hybridized carbons (Fsp3) is 0.222. The van der Waals surface area contributed by atoms with Gasteiger partial charge >= 0.3 is 0 Å². The Morgan fingerprint density at radius 3 is 2.77 bits per heavy atom. The van der Waals surface area contributed by atoms with Gasteiger partial charge in [-0.3, -0.25) is 4.79 Å². The number of aryl methyl sites for hydroxylation is 1. The van der Waals surface area contributed by atoms with Gasteiger partial charge in [-0.25, -0.2) is 13.9 Å². The van der Waals surface area contributed by atoms with Gasteiger partial charge in [0.1, 0.15) is 11.6 Å². The van der Waals surface area contributed by atoms with Crippen molar-refractivity contribution in [2.24, 2.45) is 0 Å². The molecule has 1 aliphatic heterocycles. The van der Waals surface area contributed by atoms with E-state index in [1.165, 1.54) is 12.1 Å². The molecule has 35 heavy (non-hydrogen) atoms. The summed E-state index contributed by atoms with van der Waals surface area (Å²) in [7, 11) is 0. The number of halogens is 1. The second-order valence-corrected chi connectivity index (χ2v) is 8.92. The maximum absolute atomic E-state index is 13.7. The molecule has 3 aromatic heterocycles. The van der Waals surface area contributed by atoms with E-state index in [9.17, 15) is 9.18 Å². The number of imidazole rings is 1. The molecular weight excluding hydrogens is 445 g/mol. The highest BCUT2D eigenvalue weighted by molar-refractivity contribution is 5.86. The molecule has 0 unspecified atom stereocenters. The molecule has 7 nitrogen and oxygen atoms in total. The fourth-order valence-electron chi connectivity index (χ4n) is 4.73. The summed E-state index contributed by atoms with van der Waals surface area (Å²) in [4.78, 5) is 17.7. The maximum atomic E-state index is 13.7.